The molecule has 10 heteroatoms. The number of amides is 1. The number of halogens is 1. The van der Waals surface area contributed by atoms with E-state index in [1.165, 1.54) is 47.4 Å². The Bertz CT molecular complexity index is 1070. The van der Waals surface area contributed by atoms with E-state index >= 15 is 0 Å². The molecule has 3 aromatic rings. The number of nitro groups is 1. The second-order valence-electron chi connectivity index (χ2n) is 7.03. The Morgan fingerprint density at radius 1 is 1.16 bits per heavy atom. The van der Waals surface area contributed by atoms with Crippen LogP contribution in [0.1, 0.15) is 20.3 Å². The first kappa shape index (κ1) is 24.1. The summed E-state index contributed by atoms with van der Waals surface area (Å²) < 4.78 is 13.8. The van der Waals surface area contributed by atoms with Crippen LogP contribution in [0.3, 0.4) is 0 Å². The van der Waals surface area contributed by atoms with Gasteiger partial charge in [-0.15, -0.1) is 11.8 Å². The molecule has 0 unspecified atom stereocenters. The molecule has 7 nitrogen and oxygen atoms in total. The molecule has 1 amide bonds. The van der Waals surface area contributed by atoms with Crippen LogP contribution >= 0.6 is 23.1 Å². The van der Waals surface area contributed by atoms with Gasteiger partial charge in [0.2, 0.25) is 5.91 Å². The van der Waals surface area contributed by atoms with Gasteiger partial charge in [-0.2, -0.15) is 0 Å². The zero-order valence-corrected chi connectivity index (χ0v) is 19.6. The van der Waals surface area contributed by atoms with E-state index < -0.39 is 4.92 Å². The molecule has 1 heterocycles. The minimum absolute atomic E-state index is 0.00409. The highest BCUT2D eigenvalue weighted by Crippen LogP contribution is 2.32. The number of rotatable bonds is 11. The number of hydrogen-bond donors (Lipinski definition) is 0. The van der Waals surface area contributed by atoms with Crippen molar-refractivity contribution in [2.24, 2.45) is 0 Å². The number of aromatic nitrogens is 1. The molecule has 3 rings (SSSR count). The lowest BCUT2D eigenvalue weighted by atomic mass is 10.3. The Balaban J connectivity index is 1.76. The molecule has 2 aromatic carbocycles. The Kier molecular flexibility index (Phi) is 8.54. The summed E-state index contributed by atoms with van der Waals surface area (Å²) >= 11 is 2.78. The molecule has 0 spiro atoms. The maximum absolute atomic E-state index is 13.1. The van der Waals surface area contributed by atoms with E-state index in [0.29, 0.717) is 40.6 Å². The van der Waals surface area contributed by atoms with Crippen molar-refractivity contribution >= 4 is 50.0 Å². The fourth-order valence-corrected chi connectivity index (χ4v) is 5.04. The predicted molar refractivity (Wildman–Crippen MR) is 128 cm³/mol. The van der Waals surface area contributed by atoms with Gasteiger partial charge in [-0.3, -0.25) is 19.8 Å². The van der Waals surface area contributed by atoms with Gasteiger partial charge >= 0.3 is 0 Å². The number of nitro benzene ring substituents is 1. The normalized spacial score (nSPS) is 11.2. The first-order valence-corrected chi connectivity index (χ1v) is 12.2. The highest BCUT2D eigenvalue weighted by atomic mass is 32.2. The van der Waals surface area contributed by atoms with Crippen LogP contribution in [0.25, 0.3) is 10.2 Å². The highest BCUT2D eigenvalue weighted by Gasteiger charge is 2.21. The van der Waals surface area contributed by atoms with Crippen LogP contribution in [0, 0.1) is 15.9 Å². The summed E-state index contributed by atoms with van der Waals surface area (Å²) in [7, 11) is 0. The predicted octanol–water partition coefficient (Wildman–Crippen LogP) is 5.20. The van der Waals surface area contributed by atoms with Gasteiger partial charge in [0.05, 0.1) is 15.1 Å². The van der Waals surface area contributed by atoms with Crippen LogP contribution in [-0.2, 0) is 4.79 Å². The summed E-state index contributed by atoms with van der Waals surface area (Å²) in [5.74, 6) is 0.215. The van der Waals surface area contributed by atoms with Crippen molar-refractivity contribution in [3.8, 4) is 0 Å². The molecular weight excluding hydrogens is 451 g/mol. The standard InChI is InChI=1S/C22H25FN4O3S2/c1-3-25(4-2)12-13-26(21(28)11-14-31-18-8-5-16(23)6-9-18)22-24-19-10-7-17(27(29)30)15-20(19)32-22/h5-10,15H,3-4,11-14H2,1-2H3. The second-order valence-corrected chi connectivity index (χ2v) is 9.21. The SMILES string of the molecule is CCN(CC)CCN(C(=O)CCSc1ccc(F)cc1)c1nc2ccc([N+](=O)[O-])cc2s1. The van der Waals surface area contributed by atoms with Gasteiger partial charge in [-0.05, 0) is 43.4 Å². The molecule has 0 bridgehead atoms. The summed E-state index contributed by atoms with van der Waals surface area (Å²) in [6.45, 7) is 7.11. The van der Waals surface area contributed by atoms with E-state index in [-0.39, 0.29) is 17.4 Å². The number of anilines is 1. The summed E-state index contributed by atoms with van der Waals surface area (Å²) in [5.41, 5.74) is 0.640. The van der Waals surface area contributed by atoms with Crippen molar-refractivity contribution < 1.29 is 14.1 Å². The number of carbonyl (C=O) groups excluding carboxylic acids is 1. The van der Waals surface area contributed by atoms with Crippen molar-refractivity contribution in [1.29, 1.82) is 0 Å². The van der Waals surface area contributed by atoms with Gasteiger partial charge in [0, 0.05) is 42.3 Å². The lowest BCUT2D eigenvalue weighted by Gasteiger charge is -2.24. The Morgan fingerprint density at radius 3 is 2.53 bits per heavy atom. The first-order valence-electron chi connectivity index (χ1n) is 10.4. The van der Waals surface area contributed by atoms with Gasteiger partial charge in [0.25, 0.3) is 5.69 Å². The van der Waals surface area contributed by atoms with Crippen molar-refractivity contribution in [3.05, 3.63) is 58.4 Å². The Hall–Kier alpha value is -2.56. The van der Waals surface area contributed by atoms with Crippen LogP contribution < -0.4 is 4.90 Å². The first-order chi connectivity index (χ1) is 15.4. The summed E-state index contributed by atoms with van der Waals surface area (Å²) in [4.78, 5) is 33.2. The number of thiazole rings is 1. The third-order valence-corrected chi connectivity index (χ3v) is 7.09. The fourth-order valence-electron chi connectivity index (χ4n) is 3.16. The molecule has 0 aliphatic heterocycles. The fraction of sp³-hybridized carbons (Fsp3) is 0.364. The van der Waals surface area contributed by atoms with Crippen molar-refractivity contribution in [3.63, 3.8) is 0 Å². The zero-order valence-electron chi connectivity index (χ0n) is 18.0. The summed E-state index contributed by atoms with van der Waals surface area (Å²) in [6.07, 6.45) is 0.302. The maximum Gasteiger partial charge on any atom is 0.270 e. The van der Waals surface area contributed by atoms with E-state index in [1.54, 1.807) is 23.1 Å². The average Bonchev–Trinajstić information content (AvgIpc) is 3.21. The molecule has 0 atom stereocenters. The van der Waals surface area contributed by atoms with Crippen LogP contribution in [0.4, 0.5) is 15.2 Å². The van der Waals surface area contributed by atoms with E-state index in [1.807, 2.05) is 0 Å². The Labute approximate surface area is 194 Å². The third kappa shape index (κ3) is 6.24. The highest BCUT2D eigenvalue weighted by molar-refractivity contribution is 7.99. The molecule has 0 N–H and O–H groups in total. The number of non-ortho nitro benzene ring substituents is 1. The van der Waals surface area contributed by atoms with E-state index in [9.17, 15) is 19.3 Å². The number of likely N-dealkylation sites (N-methyl/N-ethyl adjacent to an activating group) is 1. The van der Waals surface area contributed by atoms with E-state index in [4.69, 9.17) is 0 Å². The number of thioether (sulfide) groups is 1. The van der Waals surface area contributed by atoms with Gasteiger partial charge in [-0.25, -0.2) is 9.37 Å². The molecule has 0 radical (unpaired) electrons. The molecule has 0 fully saturated rings. The summed E-state index contributed by atoms with van der Waals surface area (Å²) in [6, 6.07) is 10.7. The maximum atomic E-state index is 13.1. The molecule has 0 saturated heterocycles. The summed E-state index contributed by atoms with van der Waals surface area (Å²) in [5, 5.41) is 11.6. The quantitative estimate of drug-likeness (QED) is 0.215. The number of nitrogens with zero attached hydrogens (tertiary/aromatic N) is 4. The average molecular weight is 477 g/mol. The lowest BCUT2D eigenvalue weighted by Crippen LogP contribution is -2.39. The third-order valence-electron chi connectivity index (χ3n) is 5.04. The lowest BCUT2D eigenvalue weighted by molar-refractivity contribution is -0.384. The molecule has 32 heavy (non-hydrogen) atoms. The number of carbonyl (C=O) groups is 1. The molecule has 1 aromatic heterocycles. The Morgan fingerprint density at radius 2 is 1.88 bits per heavy atom. The zero-order chi connectivity index (χ0) is 23.1. The van der Waals surface area contributed by atoms with Gasteiger partial charge in [-0.1, -0.05) is 25.2 Å². The van der Waals surface area contributed by atoms with Crippen molar-refractivity contribution in [1.82, 2.24) is 9.88 Å². The van der Waals surface area contributed by atoms with Gasteiger partial charge in [0.15, 0.2) is 5.13 Å². The number of benzene rings is 2. The molecule has 0 saturated carbocycles. The minimum Gasteiger partial charge on any atom is -0.302 e. The molecule has 170 valence electrons. The number of hydrogen-bond acceptors (Lipinski definition) is 7. The van der Waals surface area contributed by atoms with Crippen LogP contribution in [0.15, 0.2) is 47.4 Å². The van der Waals surface area contributed by atoms with Crippen LogP contribution in [0.5, 0.6) is 0 Å². The van der Waals surface area contributed by atoms with Gasteiger partial charge in [0.1, 0.15) is 5.82 Å². The van der Waals surface area contributed by atoms with E-state index in [2.05, 4.69) is 23.7 Å². The second kappa shape index (κ2) is 11.3. The van der Waals surface area contributed by atoms with Crippen LogP contribution in [-0.4, -0.2) is 52.6 Å². The topological polar surface area (TPSA) is 79.6 Å². The van der Waals surface area contributed by atoms with Gasteiger partial charge < -0.3 is 4.90 Å². The van der Waals surface area contributed by atoms with Crippen molar-refractivity contribution in [2.45, 2.75) is 25.2 Å². The monoisotopic (exact) mass is 476 g/mol. The molecular formula is C22H25FN4O3S2. The van der Waals surface area contributed by atoms with E-state index in [0.717, 1.165) is 18.0 Å². The largest absolute Gasteiger partial charge is 0.302 e. The minimum atomic E-state index is -0.436. The molecule has 0 aliphatic carbocycles. The number of fused-ring (bicyclic) bond motifs is 1. The molecule has 0 aliphatic rings. The van der Waals surface area contributed by atoms with Crippen LogP contribution in [0.2, 0.25) is 0 Å². The smallest absolute Gasteiger partial charge is 0.270 e. The van der Waals surface area contributed by atoms with Crippen molar-refractivity contribution in [2.75, 3.05) is 36.8 Å².